The molecular weight excluding hydrogens is 394 g/mol. The molecule has 1 N–H and O–H groups in total. The summed E-state index contributed by atoms with van der Waals surface area (Å²) in [5.41, 5.74) is 2.59. The highest BCUT2D eigenvalue weighted by Gasteiger charge is 2.21. The summed E-state index contributed by atoms with van der Waals surface area (Å²) < 4.78 is 5.78. The summed E-state index contributed by atoms with van der Waals surface area (Å²) in [7, 11) is 0. The fraction of sp³-hybridized carbons (Fsp3) is 0.759. The number of esters is 1. The first-order valence-electron chi connectivity index (χ1n) is 13.8. The molecule has 182 valence electrons. The van der Waals surface area contributed by atoms with Gasteiger partial charge in [-0.1, -0.05) is 103 Å². The van der Waals surface area contributed by atoms with Crippen LogP contribution in [0.15, 0.2) is 18.2 Å². The van der Waals surface area contributed by atoms with Gasteiger partial charge in [-0.05, 0) is 55.8 Å². The smallest absolute Gasteiger partial charge is 0.311 e. The lowest BCUT2D eigenvalue weighted by molar-refractivity contribution is -0.134. The Bertz CT molecular complexity index is 628. The van der Waals surface area contributed by atoms with Gasteiger partial charge in [0.05, 0.1) is 0 Å². The maximum absolute atomic E-state index is 12.4. The molecule has 1 atom stereocenters. The van der Waals surface area contributed by atoms with Gasteiger partial charge in [-0.25, -0.2) is 0 Å². The molecule has 1 aromatic rings. The van der Waals surface area contributed by atoms with Crippen LogP contribution in [-0.4, -0.2) is 18.6 Å². The maximum Gasteiger partial charge on any atom is 0.311 e. The molecule has 0 heterocycles. The van der Waals surface area contributed by atoms with Crippen molar-refractivity contribution in [2.45, 2.75) is 135 Å². The molecule has 0 aromatic heterocycles. The van der Waals surface area contributed by atoms with E-state index < -0.39 is 0 Å². The third-order valence-corrected chi connectivity index (χ3v) is 6.83. The average molecular weight is 444 g/mol. The van der Waals surface area contributed by atoms with Gasteiger partial charge in [0.25, 0.3) is 0 Å². The molecule has 2 rings (SSSR count). The molecule has 0 fully saturated rings. The molecule has 1 aliphatic rings. The number of carbonyl (C=O) groups is 1. The molecule has 1 aliphatic carbocycles. The summed E-state index contributed by atoms with van der Waals surface area (Å²) in [6, 6.07) is 6.76. The lowest BCUT2D eigenvalue weighted by Crippen LogP contribution is -2.35. The van der Waals surface area contributed by atoms with E-state index in [4.69, 9.17) is 4.74 Å². The molecule has 0 amide bonds. The minimum atomic E-state index is -0.0623. The zero-order chi connectivity index (χ0) is 22.9. The van der Waals surface area contributed by atoms with Gasteiger partial charge in [-0.2, -0.15) is 0 Å². The van der Waals surface area contributed by atoms with Gasteiger partial charge >= 0.3 is 5.97 Å². The van der Waals surface area contributed by atoms with E-state index in [1.807, 2.05) is 12.1 Å². The largest absolute Gasteiger partial charge is 0.426 e. The average Bonchev–Trinajstić information content (AvgIpc) is 2.80. The van der Waals surface area contributed by atoms with Gasteiger partial charge in [0.2, 0.25) is 0 Å². The summed E-state index contributed by atoms with van der Waals surface area (Å²) in [5.74, 6) is 0.740. The van der Waals surface area contributed by atoms with Crippen LogP contribution in [-0.2, 0) is 17.6 Å². The number of nitrogens with one attached hydrogen (secondary N) is 1. The van der Waals surface area contributed by atoms with Gasteiger partial charge in [0.15, 0.2) is 0 Å². The van der Waals surface area contributed by atoms with Crippen LogP contribution < -0.4 is 10.1 Å². The number of unbranched alkanes of at least 4 members (excludes halogenated alkanes) is 12. The van der Waals surface area contributed by atoms with Crippen molar-refractivity contribution in [1.82, 2.24) is 5.32 Å². The van der Waals surface area contributed by atoms with Gasteiger partial charge in [0, 0.05) is 12.5 Å². The monoisotopic (exact) mass is 443 g/mol. The first-order chi connectivity index (χ1) is 15.7. The van der Waals surface area contributed by atoms with E-state index >= 15 is 0 Å². The number of hydrogen-bond acceptors (Lipinski definition) is 3. The Morgan fingerprint density at radius 3 is 2.12 bits per heavy atom. The Hall–Kier alpha value is -1.35. The Kier molecular flexibility index (Phi) is 14.4. The van der Waals surface area contributed by atoms with E-state index in [1.54, 1.807) is 0 Å². The minimum absolute atomic E-state index is 0.0623. The summed E-state index contributed by atoms with van der Waals surface area (Å²) in [6.07, 6.45) is 22.1. The van der Waals surface area contributed by atoms with Crippen LogP contribution in [0, 0.1) is 0 Å². The van der Waals surface area contributed by atoms with Crippen molar-refractivity contribution in [2.75, 3.05) is 6.54 Å². The van der Waals surface area contributed by atoms with E-state index in [2.05, 4.69) is 25.2 Å². The molecule has 0 saturated carbocycles. The van der Waals surface area contributed by atoms with Gasteiger partial charge in [-0.15, -0.1) is 0 Å². The highest BCUT2D eigenvalue weighted by molar-refractivity contribution is 5.73. The third-order valence-electron chi connectivity index (χ3n) is 6.83. The summed E-state index contributed by atoms with van der Waals surface area (Å²) in [6.45, 7) is 5.56. The number of benzene rings is 1. The van der Waals surface area contributed by atoms with Gasteiger partial charge in [0.1, 0.15) is 5.75 Å². The highest BCUT2D eigenvalue weighted by atomic mass is 16.5. The lowest BCUT2D eigenvalue weighted by Gasteiger charge is -2.26. The molecule has 1 aromatic carbocycles. The first kappa shape index (κ1) is 26.9. The van der Waals surface area contributed by atoms with Gasteiger partial charge < -0.3 is 10.1 Å². The Morgan fingerprint density at radius 1 is 0.875 bits per heavy atom. The van der Waals surface area contributed by atoms with Crippen LogP contribution >= 0.6 is 0 Å². The Morgan fingerprint density at radius 2 is 1.50 bits per heavy atom. The van der Waals surface area contributed by atoms with E-state index in [0.717, 1.165) is 44.4 Å². The summed E-state index contributed by atoms with van der Waals surface area (Å²) in [5, 5.41) is 3.63. The molecule has 0 spiro atoms. The van der Waals surface area contributed by atoms with Crippen LogP contribution in [0.5, 0.6) is 5.75 Å². The zero-order valence-corrected chi connectivity index (χ0v) is 21.1. The molecule has 0 bridgehead atoms. The summed E-state index contributed by atoms with van der Waals surface area (Å²) in [4.78, 5) is 12.4. The molecule has 0 aliphatic heterocycles. The van der Waals surface area contributed by atoms with Crippen molar-refractivity contribution in [3.05, 3.63) is 29.3 Å². The molecule has 3 nitrogen and oxygen atoms in total. The standard InChI is InChI=1S/C29H49NO2/c1-3-5-6-7-8-9-10-11-12-13-14-15-16-20-29(31)32-28-19-17-18-25-24-26(30-23-4-2)21-22-27(25)28/h17-19,26,30H,3-16,20-24H2,1-2H3. The number of ether oxygens (including phenoxy) is 1. The Labute approximate surface area is 198 Å². The van der Waals surface area contributed by atoms with E-state index in [9.17, 15) is 4.79 Å². The van der Waals surface area contributed by atoms with E-state index in [-0.39, 0.29) is 5.97 Å². The molecule has 32 heavy (non-hydrogen) atoms. The van der Waals surface area contributed by atoms with Crippen molar-refractivity contribution >= 4 is 5.97 Å². The molecular formula is C29H49NO2. The van der Waals surface area contributed by atoms with Crippen molar-refractivity contribution < 1.29 is 9.53 Å². The zero-order valence-electron chi connectivity index (χ0n) is 21.1. The van der Waals surface area contributed by atoms with Crippen LogP contribution in [0.25, 0.3) is 0 Å². The second kappa shape index (κ2) is 17.2. The van der Waals surface area contributed by atoms with Crippen LogP contribution in [0.4, 0.5) is 0 Å². The normalized spacial score (nSPS) is 15.5. The fourth-order valence-electron chi connectivity index (χ4n) is 4.85. The summed E-state index contributed by atoms with van der Waals surface area (Å²) >= 11 is 0. The minimum Gasteiger partial charge on any atom is -0.426 e. The van der Waals surface area contributed by atoms with Crippen molar-refractivity contribution in [3.63, 3.8) is 0 Å². The molecule has 0 radical (unpaired) electrons. The van der Waals surface area contributed by atoms with Crippen LogP contribution in [0.1, 0.15) is 128 Å². The third kappa shape index (κ3) is 11.0. The number of fused-ring (bicyclic) bond motifs is 1. The fourth-order valence-corrected chi connectivity index (χ4v) is 4.85. The SMILES string of the molecule is CCCCCCCCCCCCCCCC(=O)Oc1cccc2c1CCC(NCCC)C2. The lowest BCUT2D eigenvalue weighted by atomic mass is 9.87. The number of carbonyl (C=O) groups excluding carboxylic acids is 1. The quantitative estimate of drug-likeness (QED) is 0.142. The van der Waals surface area contributed by atoms with Crippen molar-refractivity contribution in [1.29, 1.82) is 0 Å². The number of hydrogen-bond donors (Lipinski definition) is 1. The van der Waals surface area contributed by atoms with Crippen molar-refractivity contribution in [3.8, 4) is 5.75 Å². The van der Waals surface area contributed by atoms with Gasteiger partial charge in [-0.3, -0.25) is 4.79 Å². The van der Waals surface area contributed by atoms with Crippen LogP contribution in [0.2, 0.25) is 0 Å². The Balaban J connectivity index is 1.52. The molecule has 3 heteroatoms. The molecule has 1 unspecified atom stereocenters. The van der Waals surface area contributed by atoms with E-state index in [1.165, 1.54) is 88.2 Å². The van der Waals surface area contributed by atoms with Crippen LogP contribution in [0.3, 0.4) is 0 Å². The second-order valence-electron chi connectivity index (χ2n) is 9.75. The molecule has 0 saturated heterocycles. The topological polar surface area (TPSA) is 38.3 Å². The highest BCUT2D eigenvalue weighted by Crippen LogP contribution is 2.30. The number of rotatable bonds is 18. The van der Waals surface area contributed by atoms with Crippen molar-refractivity contribution in [2.24, 2.45) is 0 Å². The second-order valence-corrected chi connectivity index (χ2v) is 9.75. The first-order valence-corrected chi connectivity index (χ1v) is 13.8. The predicted octanol–water partition coefficient (Wildman–Crippen LogP) is 7.93. The predicted molar refractivity (Wildman–Crippen MR) is 136 cm³/mol. The van der Waals surface area contributed by atoms with E-state index in [0.29, 0.717) is 12.5 Å². The maximum atomic E-state index is 12.4.